The van der Waals surface area contributed by atoms with Gasteiger partial charge < -0.3 is 9.97 Å². The van der Waals surface area contributed by atoms with Crippen LogP contribution in [0.4, 0.5) is 0 Å². The normalized spacial score (nSPS) is 16.3. The summed E-state index contributed by atoms with van der Waals surface area (Å²) in [6, 6.07) is 42.1. The zero-order valence-corrected chi connectivity index (χ0v) is 40.3. The van der Waals surface area contributed by atoms with Gasteiger partial charge in [0.2, 0.25) is 10.0 Å². The van der Waals surface area contributed by atoms with Gasteiger partial charge in [0.15, 0.2) is 0 Å². The molecule has 0 saturated carbocycles. The van der Waals surface area contributed by atoms with Crippen molar-refractivity contribution in [1.82, 2.24) is 48.3 Å². The Labute approximate surface area is 409 Å². The molecule has 1 aliphatic carbocycles. The van der Waals surface area contributed by atoms with E-state index in [-0.39, 0.29) is 6.04 Å². The average Bonchev–Trinajstić information content (AvgIpc) is 4.12. The number of aryl methyl sites for hydroxylation is 1. The van der Waals surface area contributed by atoms with Crippen molar-refractivity contribution in [3.8, 4) is 11.3 Å². The molecule has 1 atom stereocenters. The fraction of sp³-hybridized carbons (Fsp3) is 0.273. The Balaban J connectivity index is 0.775. The molecule has 2 N–H and O–H groups in total. The lowest BCUT2D eigenvalue weighted by molar-refractivity contribution is 0.153. The number of sulfonamides is 1. The standard InChI is InChI=1S/C55H56N10O2S2/c66-69(67,65-31-24-42-6-1-2-7-46(42)36-65)50-20-13-41(14-21-50)34-63(39-54-59-28-29-60-54)52-10-5-8-44-17-22-51(61-55(44)52)45-16-15-43-23-30-64(35-47(43)32-45)68-49-18-11-40(12-19-49)33-62(38-53-57-26-27-58-53)37-48-9-3-4-25-56-48/h1-4,6-7,9,11-22,25-29,32,52H,5,8,10,23-24,30-31,33-39H2,(H,57,58)(H,59,60). The Bertz CT molecular complexity index is 3100. The van der Waals surface area contributed by atoms with Gasteiger partial charge in [-0.25, -0.2) is 22.7 Å². The molecule has 0 radical (unpaired) electrons. The van der Waals surface area contributed by atoms with Crippen LogP contribution in [0.25, 0.3) is 11.3 Å². The molecule has 11 rings (SSSR count). The molecular weight excluding hydrogens is 897 g/mol. The van der Waals surface area contributed by atoms with Crippen LogP contribution in [0.3, 0.4) is 0 Å². The molecule has 14 heteroatoms. The van der Waals surface area contributed by atoms with Gasteiger partial charge in [-0.1, -0.05) is 72.8 Å². The molecule has 0 fully saturated rings. The van der Waals surface area contributed by atoms with Crippen LogP contribution in [0, 0.1) is 0 Å². The number of benzene rings is 4. The summed E-state index contributed by atoms with van der Waals surface area (Å²) in [5.41, 5.74) is 12.9. The predicted molar refractivity (Wildman–Crippen MR) is 270 cm³/mol. The highest BCUT2D eigenvalue weighted by Gasteiger charge is 2.31. The molecule has 8 aromatic rings. The minimum absolute atomic E-state index is 0.0616. The van der Waals surface area contributed by atoms with E-state index >= 15 is 0 Å². The van der Waals surface area contributed by atoms with Gasteiger partial charge in [0, 0.05) is 87.3 Å². The second kappa shape index (κ2) is 20.4. The summed E-state index contributed by atoms with van der Waals surface area (Å²) in [6.07, 6.45) is 13.9. The van der Waals surface area contributed by atoms with Crippen molar-refractivity contribution in [2.75, 3.05) is 13.1 Å². The fourth-order valence-electron chi connectivity index (χ4n) is 10.1. The molecule has 2 aliphatic heterocycles. The first-order valence-corrected chi connectivity index (χ1v) is 26.2. The molecule has 0 saturated heterocycles. The Hall–Kier alpha value is -6.26. The van der Waals surface area contributed by atoms with Gasteiger partial charge in [0.25, 0.3) is 0 Å². The van der Waals surface area contributed by atoms with E-state index in [1.165, 1.54) is 32.7 Å². The smallest absolute Gasteiger partial charge is 0.243 e. The molecule has 0 bridgehead atoms. The number of rotatable bonds is 16. The highest BCUT2D eigenvalue weighted by Crippen LogP contribution is 2.38. The molecule has 12 nitrogen and oxygen atoms in total. The van der Waals surface area contributed by atoms with Gasteiger partial charge in [-0.3, -0.25) is 19.8 Å². The molecular formula is C55H56N10O2S2. The highest BCUT2D eigenvalue weighted by molar-refractivity contribution is 7.97. The minimum atomic E-state index is -3.64. The van der Waals surface area contributed by atoms with Crippen LogP contribution in [-0.4, -0.2) is 69.8 Å². The summed E-state index contributed by atoms with van der Waals surface area (Å²) in [4.78, 5) is 32.1. The first kappa shape index (κ1) is 45.2. The predicted octanol–water partition coefficient (Wildman–Crippen LogP) is 9.68. The van der Waals surface area contributed by atoms with Gasteiger partial charge in [-0.05, 0) is 132 Å². The number of H-pyrrole nitrogens is 2. The maximum atomic E-state index is 13.8. The second-order valence-electron chi connectivity index (χ2n) is 18.4. The summed E-state index contributed by atoms with van der Waals surface area (Å²) >= 11 is 1.83. The third kappa shape index (κ3) is 10.5. The van der Waals surface area contributed by atoms with Gasteiger partial charge in [0.05, 0.1) is 41.1 Å². The van der Waals surface area contributed by atoms with Crippen LogP contribution in [0.5, 0.6) is 0 Å². The monoisotopic (exact) mass is 952 g/mol. The molecule has 350 valence electrons. The van der Waals surface area contributed by atoms with Gasteiger partial charge in [0.1, 0.15) is 11.6 Å². The maximum absolute atomic E-state index is 13.8. The SMILES string of the molecule is O=S(=O)(c1ccc(CN(Cc2ncc[nH]2)C2CCCc3ccc(-c4ccc5c(c4)CN(Sc4ccc(CN(Cc6ccccn6)Cc6ncc[nH]6)cc4)CC5)nc32)cc1)N1CCc2ccccc2C1. The van der Waals surface area contributed by atoms with Crippen LogP contribution < -0.4 is 0 Å². The van der Waals surface area contributed by atoms with E-state index in [1.807, 2.05) is 73.0 Å². The number of aromatic amines is 2. The lowest BCUT2D eigenvalue weighted by atomic mass is 9.89. The Morgan fingerprint density at radius 1 is 0.623 bits per heavy atom. The number of pyridine rings is 2. The van der Waals surface area contributed by atoms with Crippen molar-refractivity contribution in [3.63, 3.8) is 0 Å². The van der Waals surface area contributed by atoms with Crippen LogP contribution in [-0.2, 0) is 75.1 Å². The van der Waals surface area contributed by atoms with E-state index in [0.717, 1.165) is 104 Å². The zero-order chi connectivity index (χ0) is 46.6. The number of hydrogen-bond donors (Lipinski definition) is 2. The van der Waals surface area contributed by atoms with Crippen molar-refractivity contribution in [2.45, 2.75) is 93.8 Å². The average molecular weight is 953 g/mol. The Morgan fingerprint density at radius 3 is 2.13 bits per heavy atom. The van der Waals surface area contributed by atoms with Gasteiger partial charge in [-0.15, -0.1) is 0 Å². The van der Waals surface area contributed by atoms with E-state index in [2.05, 4.69) is 106 Å². The fourth-order valence-corrected chi connectivity index (χ4v) is 12.5. The van der Waals surface area contributed by atoms with Crippen molar-refractivity contribution in [3.05, 3.63) is 214 Å². The molecule has 1 unspecified atom stereocenters. The number of fused-ring (bicyclic) bond motifs is 3. The van der Waals surface area contributed by atoms with Gasteiger partial charge >= 0.3 is 0 Å². The topological polar surface area (TPSA) is 130 Å². The van der Waals surface area contributed by atoms with E-state index in [0.29, 0.717) is 37.6 Å². The first-order valence-electron chi connectivity index (χ1n) is 24.0. The molecule has 69 heavy (non-hydrogen) atoms. The molecule has 3 aliphatic rings. The third-order valence-corrected chi connectivity index (χ3v) is 16.6. The maximum Gasteiger partial charge on any atom is 0.243 e. The van der Waals surface area contributed by atoms with Gasteiger partial charge in [-0.2, -0.15) is 4.31 Å². The molecule has 4 aromatic heterocycles. The molecule has 0 amide bonds. The molecule has 0 spiro atoms. The number of imidazole rings is 2. The number of nitrogens with zero attached hydrogens (tertiary/aromatic N) is 8. The largest absolute Gasteiger partial charge is 0.348 e. The number of hydrogen-bond acceptors (Lipinski definition) is 10. The first-order chi connectivity index (χ1) is 33.9. The summed E-state index contributed by atoms with van der Waals surface area (Å²) in [5.74, 6) is 1.83. The van der Waals surface area contributed by atoms with Crippen molar-refractivity contribution in [1.29, 1.82) is 0 Å². The Morgan fingerprint density at radius 2 is 1.35 bits per heavy atom. The lowest BCUT2D eigenvalue weighted by Gasteiger charge is -2.35. The van der Waals surface area contributed by atoms with E-state index in [9.17, 15) is 8.42 Å². The van der Waals surface area contributed by atoms with Crippen LogP contribution in [0.15, 0.2) is 162 Å². The van der Waals surface area contributed by atoms with Crippen LogP contribution >= 0.6 is 11.9 Å². The second-order valence-corrected chi connectivity index (χ2v) is 21.5. The number of nitrogens with one attached hydrogen (secondary N) is 2. The van der Waals surface area contributed by atoms with E-state index < -0.39 is 10.0 Å². The minimum Gasteiger partial charge on any atom is -0.348 e. The summed E-state index contributed by atoms with van der Waals surface area (Å²) in [7, 11) is -3.64. The third-order valence-electron chi connectivity index (χ3n) is 13.7. The zero-order valence-electron chi connectivity index (χ0n) is 38.6. The molecule has 6 heterocycles. The van der Waals surface area contributed by atoms with Crippen molar-refractivity contribution in [2.24, 2.45) is 0 Å². The summed E-state index contributed by atoms with van der Waals surface area (Å²) in [5, 5.41) is 0. The molecule has 4 aromatic carbocycles. The number of aromatic nitrogens is 6. The summed E-state index contributed by atoms with van der Waals surface area (Å²) in [6.45, 7) is 6.19. The quantitative estimate of drug-likeness (QED) is 0.0904. The van der Waals surface area contributed by atoms with Crippen LogP contribution in [0.2, 0.25) is 0 Å². The van der Waals surface area contributed by atoms with Crippen molar-refractivity contribution >= 4 is 22.0 Å². The summed E-state index contributed by atoms with van der Waals surface area (Å²) < 4.78 is 31.8. The Kier molecular flexibility index (Phi) is 13.3. The van der Waals surface area contributed by atoms with E-state index in [4.69, 9.17) is 4.98 Å². The highest BCUT2D eigenvalue weighted by atomic mass is 32.2. The van der Waals surface area contributed by atoms with Crippen LogP contribution in [0.1, 0.15) is 80.9 Å². The van der Waals surface area contributed by atoms with E-state index in [1.54, 1.807) is 28.8 Å². The van der Waals surface area contributed by atoms with Crippen molar-refractivity contribution < 1.29 is 8.42 Å². The lowest BCUT2D eigenvalue weighted by Crippen LogP contribution is -2.36.